The highest BCUT2D eigenvalue weighted by Gasteiger charge is 2.33. The largest absolute Gasteiger partial charge is 0.481 e. The second-order valence-corrected chi connectivity index (χ2v) is 9.88. The van der Waals surface area contributed by atoms with Gasteiger partial charge in [-0.05, 0) is 61.5 Å². The molecule has 0 amide bonds. The molecule has 1 aromatic carbocycles. The number of carbonyl (C=O) groups is 2. The minimum absolute atomic E-state index is 0.128. The van der Waals surface area contributed by atoms with Crippen molar-refractivity contribution in [2.45, 2.75) is 97.2 Å². The van der Waals surface area contributed by atoms with Gasteiger partial charge in [0.2, 0.25) is 0 Å². The third-order valence-corrected chi connectivity index (χ3v) is 6.45. The van der Waals surface area contributed by atoms with E-state index in [9.17, 15) is 14.7 Å². The SMILES string of the molecule is CC(C)COCc1cccc(C[C@@H](O)CC[C@H]2CCC(=O)[C@@H]2CCCCCCC(=O)O)c1. The normalized spacial score (nSPS) is 19.6. The molecule has 0 saturated heterocycles. The average Bonchev–Trinajstić information content (AvgIpc) is 3.08. The summed E-state index contributed by atoms with van der Waals surface area (Å²) in [6.45, 7) is 5.62. The summed E-state index contributed by atoms with van der Waals surface area (Å²) in [5.41, 5.74) is 2.27. The number of hydrogen-bond acceptors (Lipinski definition) is 4. The van der Waals surface area contributed by atoms with Gasteiger partial charge in [0, 0.05) is 25.4 Å². The van der Waals surface area contributed by atoms with Crippen LogP contribution in [0, 0.1) is 17.8 Å². The standard InChI is InChI=1S/C27H42O5/c1-20(2)18-32-19-22-9-7-8-21(16-22)17-24(28)14-12-23-13-15-26(29)25(23)10-5-3-4-6-11-27(30)31/h7-9,16,20,23-25,28H,3-6,10-15,17-19H2,1-2H3,(H,30,31)/t23-,24-,25+/m0/s1. The minimum atomic E-state index is -0.735. The minimum Gasteiger partial charge on any atom is -0.481 e. The lowest BCUT2D eigenvalue weighted by atomic mass is 9.85. The summed E-state index contributed by atoms with van der Waals surface area (Å²) in [7, 11) is 0. The summed E-state index contributed by atoms with van der Waals surface area (Å²) in [5.74, 6) is 0.670. The van der Waals surface area contributed by atoms with Crippen LogP contribution >= 0.6 is 0 Å². The van der Waals surface area contributed by atoms with Gasteiger partial charge in [-0.2, -0.15) is 0 Å². The summed E-state index contributed by atoms with van der Waals surface area (Å²) in [6.07, 6.45) is 8.22. The monoisotopic (exact) mass is 446 g/mol. The number of carboxylic acid groups (broad SMARTS) is 1. The molecule has 180 valence electrons. The number of Topliss-reactive ketones (excluding diaryl/α,β-unsaturated/α-hetero) is 1. The molecule has 3 atom stereocenters. The summed E-state index contributed by atoms with van der Waals surface area (Å²) in [6, 6.07) is 8.27. The van der Waals surface area contributed by atoms with E-state index in [0.717, 1.165) is 62.7 Å². The molecule has 0 heterocycles. The molecule has 32 heavy (non-hydrogen) atoms. The van der Waals surface area contributed by atoms with Gasteiger partial charge in [0.05, 0.1) is 12.7 Å². The lowest BCUT2D eigenvalue weighted by Crippen LogP contribution is -2.18. The number of benzene rings is 1. The predicted molar refractivity (Wildman–Crippen MR) is 126 cm³/mol. The van der Waals surface area contributed by atoms with Crippen molar-refractivity contribution in [1.29, 1.82) is 0 Å². The van der Waals surface area contributed by atoms with Crippen LogP contribution in [0.4, 0.5) is 0 Å². The van der Waals surface area contributed by atoms with Gasteiger partial charge in [0.1, 0.15) is 5.78 Å². The molecule has 2 rings (SSSR count). The first kappa shape index (κ1) is 26.5. The Bertz CT molecular complexity index is 699. The third-order valence-electron chi connectivity index (χ3n) is 6.45. The molecule has 5 nitrogen and oxygen atoms in total. The van der Waals surface area contributed by atoms with Crippen molar-refractivity contribution in [3.05, 3.63) is 35.4 Å². The van der Waals surface area contributed by atoms with Gasteiger partial charge < -0.3 is 14.9 Å². The molecule has 0 spiro atoms. The van der Waals surface area contributed by atoms with Crippen LogP contribution in [0.15, 0.2) is 24.3 Å². The number of aliphatic hydroxyl groups excluding tert-OH is 1. The van der Waals surface area contributed by atoms with E-state index in [1.807, 2.05) is 6.07 Å². The van der Waals surface area contributed by atoms with E-state index >= 15 is 0 Å². The number of carbonyl (C=O) groups excluding carboxylic acids is 1. The fraction of sp³-hybridized carbons (Fsp3) is 0.704. The predicted octanol–water partition coefficient (Wildman–Crippen LogP) is 5.56. The molecule has 2 N–H and O–H groups in total. The molecule has 0 aromatic heterocycles. The molecule has 0 bridgehead atoms. The van der Waals surface area contributed by atoms with Crippen molar-refractivity contribution in [2.24, 2.45) is 17.8 Å². The second-order valence-electron chi connectivity index (χ2n) is 9.88. The highest BCUT2D eigenvalue weighted by molar-refractivity contribution is 5.83. The Hall–Kier alpha value is -1.72. The number of ether oxygens (including phenoxy) is 1. The number of carboxylic acids is 1. The smallest absolute Gasteiger partial charge is 0.303 e. The lowest BCUT2D eigenvalue weighted by Gasteiger charge is -2.20. The Morgan fingerprint density at radius 1 is 1.12 bits per heavy atom. The fourth-order valence-corrected chi connectivity index (χ4v) is 4.75. The zero-order valence-electron chi connectivity index (χ0n) is 19.9. The van der Waals surface area contributed by atoms with Gasteiger partial charge >= 0.3 is 5.97 Å². The average molecular weight is 447 g/mol. The Labute approximate surface area is 193 Å². The van der Waals surface area contributed by atoms with Crippen molar-refractivity contribution in [3.63, 3.8) is 0 Å². The van der Waals surface area contributed by atoms with Crippen LogP contribution in [-0.4, -0.2) is 34.7 Å². The van der Waals surface area contributed by atoms with Crippen LogP contribution in [0.1, 0.15) is 89.2 Å². The van der Waals surface area contributed by atoms with E-state index in [2.05, 4.69) is 32.0 Å². The van der Waals surface area contributed by atoms with Gasteiger partial charge in [-0.3, -0.25) is 9.59 Å². The number of aliphatic hydroxyl groups is 1. The van der Waals surface area contributed by atoms with Crippen LogP contribution in [0.2, 0.25) is 0 Å². The fourth-order valence-electron chi connectivity index (χ4n) is 4.75. The van der Waals surface area contributed by atoms with Crippen LogP contribution in [-0.2, 0) is 27.4 Å². The number of unbranched alkanes of at least 4 members (excludes halogenated alkanes) is 3. The van der Waals surface area contributed by atoms with E-state index in [-0.39, 0.29) is 12.3 Å². The molecule has 1 aromatic rings. The maximum atomic E-state index is 12.3. The summed E-state index contributed by atoms with van der Waals surface area (Å²) in [5, 5.41) is 19.3. The number of hydrogen-bond donors (Lipinski definition) is 2. The van der Waals surface area contributed by atoms with Gasteiger partial charge in [0.25, 0.3) is 0 Å². The lowest BCUT2D eigenvalue weighted by molar-refractivity contribution is -0.137. The molecule has 5 heteroatoms. The second kappa shape index (κ2) is 14.4. The highest BCUT2D eigenvalue weighted by atomic mass is 16.5. The van der Waals surface area contributed by atoms with E-state index in [0.29, 0.717) is 43.5 Å². The third kappa shape index (κ3) is 10.3. The maximum absolute atomic E-state index is 12.3. The first-order valence-corrected chi connectivity index (χ1v) is 12.4. The molecular formula is C27H42O5. The number of rotatable bonds is 16. The quantitative estimate of drug-likeness (QED) is 0.325. The summed E-state index contributed by atoms with van der Waals surface area (Å²) >= 11 is 0. The van der Waals surface area contributed by atoms with Crippen LogP contribution < -0.4 is 0 Å². The van der Waals surface area contributed by atoms with Crippen molar-refractivity contribution >= 4 is 11.8 Å². The van der Waals surface area contributed by atoms with Crippen molar-refractivity contribution in [1.82, 2.24) is 0 Å². The molecule has 1 saturated carbocycles. The van der Waals surface area contributed by atoms with E-state index in [1.54, 1.807) is 0 Å². The highest BCUT2D eigenvalue weighted by Crippen LogP contribution is 2.36. The van der Waals surface area contributed by atoms with Crippen LogP contribution in [0.25, 0.3) is 0 Å². The molecular weight excluding hydrogens is 404 g/mol. The molecule has 0 aliphatic heterocycles. The van der Waals surface area contributed by atoms with E-state index in [4.69, 9.17) is 9.84 Å². The summed E-state index contributed by atoms with van der Waals surface area (Å²) in [4.78, 5) is 22.9. The zero-order valence-corrected chi connectivity index (χ0v) is 19.9. The van der Waals surface area contributed by atoms with Crippen molar-refractivity contribution in [3.8, 4) is 0 Å². The maximum Gasteiger partial charge on any atom is 0.303 e. The molecule has 0 unspecified atom stereocenters. The molecule has 1 aliphatic rings. The van der Waals surface area contributed by atoms with Gasteiger partial charge in [-0.15, -0.1) is 0 Å². The Morgan fingerprint density at radius 2 is 1.88 bits per heavy atom. The van der Waals surface area contributed by atoms with Crippen LogP contribution in [0.5, 0.6) is 0 Å². The van der Waals surface area contributed by atoms with Crippen molar-refractivity contribution in [2.75, 3.05) is 6.61 Å². The Kier molecular flexibility index (Phi) is 12.0. The zero-order chi connectivity index (χ0) is 23.3. The van der Waals surface area contributed by atoms with Crippen molar-refractivity contribution < 1.29 is 24.5 Å². The van der Waals surface area contributed by atoms with Gasteiger partial charge in [0.15, 0.2) is 0 Å². The van der Waals surface area contributed by atoms with Crippen LogP contribution in [0.3, 0.4) is 0 Å². The van der Waals surface area contributed by atoms with Gasteiger partial charge in [-0.25, -0.2) is 0 Å². The number of aliphatic carboxylic acids is 1. The van der Waals surface area contributed by atoms with E-state index in [1.165, 1.54) is 0 Å². The Morgan fingerprint density at radius 3 is 2.62 bits per heavy atom. The first-order chi connectivity index (χ1) is 15.3. The van der Waals surface area contributed by atoms with E-state index < -0.39 is 12.1 Å². The molecule has 0 radical (unpaired) electrons. The molecule has 1 aliphatic carbocycles. The topological polar surface area (TPSA) is 83.8 Å². The summed E-state index contributed by atoms with van der Waals surface area (Å²) < 4.78 is 5.72. The molecule has 1 fully saturated rings. The first-order valence-electron chi connectivity index (χ1n) is 12.4. The van der Waals surface area contributed by atoms with Gasteiger partial charge in [-0.1, -0.05) is 57.4 Å². The Balaban J connectivity index is 1.71. The number of ketones is 1.